The van der Waals surface area contributed by atoms with Crippen LogP contribution < -0.4 is 14.8 Å². The van der Waals surface area contributed by atoms with Crippen LogP contribution >= 0.6 is 0 Å². The van der Waals surface area contributed by atoms with Gasteiger partial charge in [-0.2, -0.15) is 0 Å². The standard InChI is InChI=1S/C13H19NO4/c1-4-18-12(15)8-9-14-10-6-5-7-11(16-2)13(10)17-3/h5-7,14H,4,8-9H2,1-3H3. The molecule has 0 aromatic heterocycles. The van der Waals surface area contributed by atoms with Gasteiger partial charge in [-0.25, -0.2) is 0 Å². The summed E-state index contributed by atoms with van der Waals surface area (Å²) in [5, 5.41) is 3.12. The van der Waals surface area contributed by atoms with Gasteiger partial charge in [0.2, 0.25) is 0 Å². The number of methoxy groups -OCH3 is 2. The van der Waals surface area contributed by atoms with Gasteiger partial charge in [-0.1, -0.05) is 6.07 Å². The lowest BCUT2D eigenvalue weighted by Crippen LogP contribution is -2.11. The van der Waals surface area contributed by atoms with Gasteiger partial charge in [0.15, 0.2) is 11.5 Å². The lowest BCUT2D eigenvalue weighted by Gasteiger charge is -2.13. The Kier molecular flexibility index (Phi) is 5.84. The fourth-order valence-electron chi connectivity index (χ4n) is 1.56. The largest absolute Gasteiger partial charge is 0.493 e. The summed E-state index contributed by atoms with van der Waals surface area (Å²) in [4.78, 5) is 11.2. The van der Waals surface area contributed by atoms with Crippen LogP contribution in [-0.2, 0) is 9.53 Å². The second-order valence-corrected chi connectivity index (χ2v) is 3.52. The van der Waals surface area contributed by atoms with Crippen molar-refractivity contribution < 1.29 is 19.0 Å². The van der Waals surface area contributed by atoms with E-state index in [-0.39, 0.29) is 5.97 Å². The Bertz CT molecular complexity index is 393. The molecule has 18 heavy (non-hydrogen) atoms. The highest BCUT2D eigenvalue weighted by Gasteiger charge is 2.09. The molecule has 5 nitrogen and oxygen atoms in total. The Morgan fingerprint density at radius 1 is 1.28 bits per heavy atom. The molecule has 0 saturated carbocycles. The topological polar surface area (TPSA) is 56.8 Å². The molecular weight excluding hydrogens is 234 g/mol. The number of para-hydroxylation sites is 1. The number of ether oxygens (including phenoxy) is 3. The molecule has 0 saturated heterocycles. The molecule has 0 atom stereocenters. The van der Waals surface area contributed by atoms with Crippen LogP contribution in [0.15, 0.2) is 18.2 Å². The van der Waals surface area contributed by atoms with Gasteiger partial charge >= 0.3 is 5.97 Å². The van der Waals surface area contributed by atoms with E-state index in [9.17, 15) is 4.79 Å². The average Bonchev–Trinajstić information content (AvgIpc) is 2.38. The van der Waals surface area contributed by atoms with E-state index in [1.165, 1.54) is 0 Å². The monoisotopic (exact) mass is 253 g/mol. The first-order chi connectivity index (χ1) is 8.72. The predicted octanol–water partition coefficient (Wildman–Crippen LogP) is 2.07. The minimum absolute atomic E-state index is 0.216. The highest BCUT2D eigenvalue weighted by Crippen LogP contribution is 2.34. The molecular formula is C13H19NO4. The van der Waals surface area contributed by atoms with Crippen LogP contribution in [0.3, 0.4) is 0 Å². The maximum absolute atomic E-state index is 11.2. The summed E-state index contributed by atoms with van der Waals surface area (Å²) in [6, 6.07) is 5.54. The van der Waals surface area contributed by atoms with Crippen LogP contribution in [0.4, 0.5) is 5.69 Å². The summed E-state index contributed by atoms with van der Waals surface area (Å²) >= 11 is 0. The fraction of sp³-hybridized carbons (Fsp3) is 0.462. The molecule has 0 unspecified atom stereocenters. The molecule has 0 heterocycles. The third-order valence-electron chi connectivity index (χ3n) is 2.35. The molecule has 0 bridgehead atoms. The van der Waals surface area contributed by atoms with E-state index in [1.54, 1.807) is 21.1 Å². The van der Waals surface area contributed by atoms with E-state index < -0.39 is 0 Å². The molecule has 0 spiro atoms. The maximum atomic E-state index is 11.2. The van der Waals surface area contributed by atoms with E-state index in [2.05, 4.69) is 5.32 Å². The minimum Gasteiger partial charge on any atom is -0.493 e. The molecule has 0 aliphatic heterocycles. The van der Waals surface area contributed by atoms with Crippen molar-refractivity contribution in [1.29, 1.82) is 0 Å². The van der Waals surface area contributed by atoms with Crippen molar-refractivity contribution in [3.05, 3.63) is 18.2 Å². The van der Waals surface area contributed by atoms with Crippen LogP contribution in [0.5, 0.6) is 11.5 Å². The van der Waals surface area contributed by atoms with Crippen LogP contribution in [0.1, 0.15) is 13.3 Å². The van der Waals surface area contributed by atoms with E-state index in [0.717, 1.165) is 5.69 Å². The van der Waals surface area contributed by atoms with Crippen LogP contribution in [0.2, 0.25) is 0 Å². The SMILES string of the molecule is CCOC(=O)CCNc1cccc(OC)c1OC. The number of hydrogen-bond acceptors (Lipinski definition) is 5. The summed E-state index contributed by atoms with van der Waals surface area (Å²) < 4.78 is 15.3. The van der Waals surface area contributed by atoms with Crippen LogP contribution in [-0.4, -0.2) is 33.3 Å². The van der Waals surface area contributed by atoms with Gasteiger partial charge in [-0.15, -0.1) is 0 Å². The van der Waals surface area contributed by atoms with E-state index in [4.69, 9.17) is 14.2 Å². The van der Waals surface area contributed by atoms with Crippen LogP contribution in [0, 0.1) is 0 Å². The van der Waals surface area contributed by atoms with E-state index >= 15 is 0 Å². The van der Waals surface area contributed by atoms with Gasteiger partial charge in [0, 0.05) is 6.54 Å². The predicted molar refractivity (Wildman–Crippen MR) is 69.3 cm³/mol. The normalized spacial score (nSPS) is 9.72. The molecule has 0 aliphatic rings. The van der Waals surface area contributed by atoms with Crippen molar-refractivity contribution in [2.24, 2.45) is 0 Å². The van der Waals surface area contributed by atoms with Crippen LogP contribution in [0.25, 0.3) is 0 Å². The van der Waals surface area contributed by atoms with E-state index in [0.29, 0.717) is 31.1 Å². The lowest BCUT2D eigenvalue weighted by atomic mass is 10.2. The van der Waals surface area contributed by atoms with Crippen molar-refractivity contribution in [2.45, 2.75) is 13.3 Å². The van der Waals surface area contributed by atoms with Gasteiger partial charge in [0.25, 0.3) is 0 Å². The van der Waals surface area contributed by atoms with E-state index in [1.807, 2.05) is 18.2 Å². The van der Waals surface area contributed by atoms with Crippen molar-refractivity contribution in [3.8, 4) is 11.5 Å². The number of carbonyl (C=O) groups excluding carboxylic acids is 1. The van der Waals surface area contributed by atoms with Gasteiger partial charge in [-0.3, -0.25) is 4.79 Å². The molecule has 0 aliphatic carbocycles. The lowest BCUT2D eigenvalue weighted by molar-refractivity contribution is -0.142. The van der Waals surface area contributed by atoms with Crippen molar-refractivity contribution >= 4 is 11.7 Å². The van der Waals surface area contributed by atoms with Gasteiger partial charge in [0.1, 0.15) is 0 Å². The van der Waals surface area contributed by atoms with Gasteiger partial charge in [0.05, 0.1) is 32.9 Å². The average molecular weight is 253 g/mol. The molecule has 100 valence electrons. The smallest absolute Gasteiger partial charge is 0.307 e. The Morgan fingerprint density at radius 2 is 2.06 bits per heavy atom. The Morgan fingerprint density at radius 3 is 2.67 bits per heavy atom. The van der Waals surface area contributed by atoms with Gasteiger partial charge < -0.3 is 19.5 Å². The minimum atomic E-state index is -0.216. The number of rotatable bonds is 7. The van der Waals surface area contributed by atoms with Gasteiger partial charge in [-0.05, 0) is 19.1 Å². The summed E-state index contributed by atoms with van der Waals surface area (Å²) in [5.41, 5.74) is 0.793. The number of anilines is 1. The molecule has 0 radical (unpaired) electrons. The van der Waals surface area contributed by atoms with Crippen molar-refractivity contribution in [1.82, 2.24) is 0 Å². The molecule has 1 rings (SSSR count). The molecule has 0 amide bonds. The summed E-state index contributed by atoms with van der Waals surface area (Å²) in [7, 11) is 3.16. The summed E-state index contributed by atoms with van der Waals surface area (Å²) in [6.07, 6.45) is 0.314. The highest BCUT2D eigenvalue weighted by molar-refractivity contribution is 5.70. The molecule has 1 aromatic carbocycles. The zero-order valence-electron chi connectivity index (χ0n) is 11.0. The zero-order valence-corrected chi connectivity index (χ0v) is 11.0. The number of benzene rings is 1. The first-order valence-electron chi connectivity index (χ1n) is 5.83. The second-order valence-electron chi connectivity index (χ2n) is 3.52. The number of carbonyl (C=O) groups is 1. The summed E-state index contributed by atoms with van der Waals surface area (Å²) in [6.45, 7) is 2.68. The Hall–Kier alpha value is -1.91. The quantitative estimate of drug-likeness (QED) is 0.754. The molecule has 1 N–H and O–H groups in total. The Labute approximate surface area is 107 Å². The maximum Gasteiger partial charge on any atom is 0.307 e. The molecule has 1 aromatic rings. The number of esters is 1. The first-order valence-corrected chi connectivity index (χ1v) is 5.83. The first kappa shape index (κ1) is 14.2. The molecule has 0 fully saturated rings. The third-order valence-corrected chi connectivity index (χ3v) is 2.35. The number of nitrogens with one attached hydrogen (secondary N) is 1. The number of hydrogen-bond donors (Lipinski definition) is 1. The summed E-state index contributed by atoms with van der Waals surface area (Å²) in [5.74, 6) is 1.06. The van der Waals surface area contributed by atoms with Crippen molar-refractivity contribution in [2.75, 3.05) is 32.7 Å². The second kappa shape index (κ2) is 7.42. The third kappa shape index (κ3) is 3.84. The van der Waals surface area contributed by atoms with Crippen molar-refractivity contribution in [3.63, 3.8) is 0 Å². The molecule has 5 heteroatoms. The zero-order chi connectivity index (χ0) is 13.4. The fourth-order valence-corrected chi connectivity index (χ4v) is 1.56. The highest BCUT2D eigenvalue weighted by atomic mass is 16.5. The Balaban J connectivity index is 2.59.